The monoisotopic (exact) mass is 266 g/mol. The zero-order valence-corrected chi connectivity index (χ0v) is 12.8. The van der Waals surface area contributed by atoms with E-state index in [-0.39, 0.29) is 45.5 Å². The molecule has 0 unspecified atom stereocenters. The van der Waals surface area contributed by atoms with Crippen LogP contribution in [0.4, 0.5) is 0 Å². The van der Waals surface area contributed by atoms with E-state index in [0.29, 0.717) is 0 Å². The van der Waals surface area contributed by atoms with Crippen LogP contribution < -0.4 is 10.5 Å². The molecule has 0 spiro atoms. The van der Waals surface area contributed by atoms with E-state index >= 15 is 0 Å². The van der Waals surface area contributed by atoms with Crippen LogP contribution in [-0.4, -0.2) is 56.7 Å². The van der Waals surface area contributed by atoms with Gasteiger partial charge in [-0.05, 0) is 41.5 Å². The molecule has 0 aromatic rings. The fraction of sp³-hybridized carbons (Fsp3) is 1.00. The Labute approximate surface area is 117 Å². The Morgan fingerprint density at radius 2 is 0.769 bits per heavy atom. The van der Waals surface area contributed by atoms with E-state index in [1.807, 2.05) is 0 Å². The van der Waals surface area contributed by atoms with E-state index in [4.69, 9.17) is 0 Å². The number of rotatable bonds is 0. The van der Waals surface area contributed by atoms with Gasteiger partial charge in [0.2, 0.25) is 0 Å². The molecule has 0 aliphatic carbocycles. The molecule has 0 amide bonds. The average Bonchev–Trinajstić information content (AvgIpc) is 1.86. The van der Waals surface area contributed by atoms with Crippen LogP contribution in [0.25, 0.3) is 0 Å². The largest absolute Gasteiger partial charge is 2.00 e. The van der Waals surface area contributed by atoms with Crippen LogP contribution in [0, 0.1) is 0 Å². The van der Waals surface area contributed by atoms with Crippen LogP contribution >= 0.6 is 0 Å². The predicted octanol–water partition coefficient (Wildman–Crippen LogP) is -0.227. The van der Waals surface area contributed by atoms with Gasteiger partial charge in [0, 0.05) is 11.2 Å². The van der Waals surface area contributed by atoms with Crippen LogP contribution in [0.5, 0.6) is 0 Å². The first-order chi connectivity index (χ1) is 5.12. The molecule has 0 rings (SSSR count). The van der Waals surface area contributed by atoms with Gasteiger partial charge in [-0.15, -0.1) is 0 Å². The Bertz CT molecular complexity index is 89.7. The quantitative estimate of drug-likeness (QED) is 0.345. The van der Waals surface area contributed by atoms with Crippen LogP contribution in [0.1, 0.15) is 41.5 Å². The second-order valence-electron chi connectivity index (χ2n) is 4.39. The fourth-order valence-electron chi connectivity index (χ4n) is 0. The van der Waals surface area contributed by atoms with Gasteiger partial charge in [-0.2, -0.15) is 0 Å². The summed E-state index contributed by atoms with van der Waals surface area (Å²) < 4.78 is 0. The molecular formula is C8H18O4Sr. The topological polar surface area (TPSA) is 64.6 Å². The molecule has 0 saturated heterocycles. The van der Waals surface area contributed by atoms with Gasteiger partial charge in [-0.1, -0.05) is 0 Å². The standard InChI is InChI=1S/2C4H10O2.Sr/c2*1-4(2,3)6-5;/h2*5H,1-3H3;/q;;+2/p-2. The summed E-state index contributed by atoms with van der Waals surface area (Å²) in [6.45, 7) is 10.3. The zero-order valence-electron chi connectivity index (χ0n) is 9.34. The van der Waals surface area contributed by atoms with E-state index in [2.05, 4.69) is 9.78 Å². The molecule has 0 aromatic heterocycles. The Kier molecular flexibility index (Phi) is 13.1. The van der Waals surface area contributed by atoms with Crippen molar-refractivity contribution in [1.82, 2.24) is 0 Å². The predicted molar refractivity (Wildman–Crippen MR) is 47.4 cm³/mol. The smallest absolute Gasteiger partial charge is 0.723 e. The number of hydrogen-bond acceptors (Lipinski definition) is 4. The summed E-state index contributed by atoms with van der Waals surface area (Å²) in [5.74, 6) is 0. The van der Waals surface area contributed by atoms with Crippen molar-refractivity contribution in [3.63, 3.8) is 0 Å². The van der Waals surface area contributed by atoms with Crippen molar-refractivity contribution in [2.24, 2.45) is 0 Å². The van der Waals surface area contributed by atoms with Crippen LogP contribution in [0.3, 0.4) is 0 Å². The van der Waals surface area contributed by atoms with E-state index in [1.165, 1.54) is 0 Å². The molecule has 13 heavy (non-hydrogen) atoms. The maximum atomic E-state index is 9.45. The molecular weight excluding hydrogens is 248 g/mol. The molecule has 5 heteroatoms. The van der Waals surface area contributed by atoms with Crippen LogP contribution in [0.2, 0.25) is 0 Å². The van der Waals surface area contributed by atoms with Gasteiger partial charge in [0.05, 0.1) is 0 Å². The van der Waals surface area contributed by atoms with Gasteiger partial charge in [-0.3, -0.25) is 0 Å². The normalized spacial score (nSPS) is 11.1. The Morgan fingerprint density at radius 1 is 0.692 bits per heavy atom. The van der Waals surface area contributed by atoms with Gasteiger partial charge in [0.1, 0.15) is 0 Å². The van der Waals surface area contributed by atoms with Crippen molar-refractivity contribution in [3.8, 4) is 0 Å². The van der Waals surface area contributed by atoms with Crippen molar-refractivity contribution < 1.29 is 20.3 Å². The van der Waals surface area contributed by atoms with E-state index in [1.54, 1.807) is 41.5 Å². The molecule has 0 N–H and O–H groups in total. The summed E-state index contributed by atoms with van der Waals surface area (Å²) in [5.41, 5.74) is -1.03. The molecule has 0 bridgehead atoms. The molecule has 0 aliphatic rings. The average molecular weight is 266 g/mol. The molecule has 0 aliphatic heterocycles. The summed E-state index contributed by atoms with van der Waals surface area (Å²) in [6, 6.07) is 0. The van der Waals surface area contributed by atoms with Crippen molar-refractivity contribution in [2.75, 3.05) is 0 Å². The van der Waals surface area contributed by atoms with Gasteiger partial charge >= 0.3 is 45.5 Å². The maximum Gasteiger partial charge on any atom is 2.00 e. The third-order valence-corrected chi connectivity index (χ3v) is 0.500. The van der Waals surface area contributed by atoms with Gasteiger partial charge in [-0.25, -0.2) is 0 Å². The summed E-state index contributed by atoms with van der Waals surface area (Å²) in [6.07, 6.45) is 0. The molecule has 0 heterocycles. The minimum absolute atomic E-state index is 0. The SMILES string of the molecule is CC(C)(C)O[O-].CC(C)(C)O[O-].[Sr+2]. The van der Waals surface area contributed by atoms with Crippen molar-refractivity contribution in [2.45, 2.75) is 52.7 Å². The first-order valence-electron chi connectivity index (χ1n) is 3.74. The summed E-state index contributed by atoms with van der Waals surface area (Å²) >= 11 is 0. The maximum absolute atomic E-state index is 9.45. The molecule has 0 fully saturated rings. The Morgan fingerprint density at radius 3 is 0.769 bits per heavy atom. The second kappa shape index (κ2) is 8.61. The Balaban J connectivity index is -0.000000143. The molecule has 4 nitrogen and oxygen atoms in total. The van der Waals surface area contributed by atoms with Crippen molar-refractivity contribution in [1.29, 1.82) is 0 Å². The first-order valence-corrected chi connectivity index (χ1v) is 3.74. The third-order valence-electron chi connectivity index (χ3n) is 0.500. The summed E-state index contributed by atoms with van der Waals surface area (Å²) in [7, 11) is 0. The number of hydrogen-bond donors (Lipinski definition) is 0. The minimum atomic E-state index is -0.514. The van der Waals surface area contributed by atoms with E-state index in [0.717, 1.165) is 0 Å². The van der Waals surface area contributed by atoms with Crippen LogP contribution in [-0.2, 0) is 9.78 Å². The third kappa shape index (κ3) is 31.9. The van der Waals surface area contributed by atoms with Crippen molar-refractivity contribution >= 4 is 45.5 Å². The molecule has 0 aromatic carbocycles. The first kappa shape index (κ1) is 19.8. The minimum Gasteiger partial charge on any atom is -0.723 e. The molecule has 0 saturated carbocycles. The van der Waals surface area contributed by atoms with Gasteiger partial charge in [0.25, 0.3) is 0 Å². The Hall–Kier alpha value is 1.32. The van der Waals surface area contributed by atoms with E-state index < -0.39 is 11.2 Å². The van der Waals surface area contributed by atoms with E-state index in [9.17, 15) is 10.5 Å². The fourth-order valence-corrected chi connectivity index (χ4v) is 0. The second-order valence-corrected chi connectivity index (χ2v) is 4.39. The molecule has 0 atom stereocenters. The van der Waals surface area contributed by atoms with Gasteiger partial charge < -0.3 is 20.3 Å². The van der Waals surface area contributed by atoms with Crippen molar-refractivity contribution in [3.05, 3.63) is 0 Å². The molecule has 0 radical (unpaired) electrons. The summed E-state index contributed by atoms with van der Waals surface area (Å²) in [5, 5.41) is 18.9. The van der Waals surface area contributed by atoms with Crippen LogP contribution in [0.15, 0.2) is 0 Å². The van der Waals surface area contributed by atoms with Gasteiger partial charge in [0.15, 0.2) is 0 Å². The molecule has 76 valence electrons. The summed E-state index contributed by atoms with van der Waals surface area (Å²) in [4.78, 5) is 7.38. The zero-order chi connectivity index (χ0) is 10.4.